The zero-order valence-electron chi connectivity index (χ0n) is 10.7. The van der Waals surface area contributed by atoms with Crippen molar-refractivity contribution >= 4 is 28.8 Å². The molecular weight excluding hydrogens is 270 g/mol. The number of thiocarbonyl (C=S) groups is 1. The zero-order valence-corrected chi connectivity index (χ0v) is 12.2. The van der Waals surface area contributed by atoms with Crippen LogP contribution in [0.5, 0.6) is 0 Å². The van der Waals surface area contributed by atoms with Gasteiger partial charge < -0.3 is 5.73 Å². The van der Waals surface area contributed by atoms with Crippen LogP contribution < -0.4 is 5.73 Å². The Kier molecular flexibility index (Phi) is 3.16. The summed E-state index contributed by atoms with van der Waals surface area (Å²) in [6.07, 6.45) is 0. The van der Waals surface area contributed by atoms with Crippen molar-refractivity contribution in [2.75, 3.05) is 0 Å². The molecule has 0 saturated carbocycles. The van der Waals surface area contributed by atoms with Crippen LogP contribution in [0.3, 0.4) is 0 Å². The van der Waals surface area contributed by atoms with Gasteiger partial charge in [-0.05, 0) is 20.8 Å². The number of rotatable bonds is 2. The van der Waals surface area contributed by atoms with Gasteiger partial charge in [0, 0.05) is 7.05 Å². The minimum atomic E-state index is 0.333. The van der Waals surface area contributed by atoms with Crippen molar-refractivity contribution in [3.05, 3.63) is 27.7 Å². The Labute approximate surface area is 116 Å². The summed E-state index contributed by atoms with van der Waals surface area (Å²) in [5.41, 5.74) is 8.99. The monoisotopic (exact) mass is 283 g/mol. The van der Waals surface area contributed by atoms with Crippen molar-refractivity contribution in [2.45, 2.75) is 20.8 Å². The molecule has 0 aromatic carbocycles. The lowest BCUT2D eigenvalue weighted by Gasteiger charge is -2.01. The molecule has 0 saturated heterocycles. The van der Waals surface area contributed by atoms with Crippen molar-refractivity contribution < 1.29 is 0 Å². The van der Waals surface area contributed by atoms with E-state index in [4.69, 9.17) is 29.6 Å². The summed E-state index contributed by atoms with van der Waals surface area (Å²) in [6.45, 7) is 5.66. The number of hydrogen-bond acceptors (Lipinski definition) is 3. The Hall–Kier alpha value is -1.40. The molecule has 96 valence electrons. The molecule has 0 radical (unpaired) electrons. The Morgan fingerprint density at radius 2 is 1.83 bits per heavy atom. The second-order valence-corrected chi connectivity index (χ2v) is 4.99. The predicted molar refractivity (Wildman–Crippen MR) is 75.4 cm³/mol. The fourth-order valence-electron chi connectivity index (χ4n) is 1.91. The van der Waals surface area contributed by atoms with Gasteiger partial charge in [-0.3, -0.25) is 4.68 Å². The maximum atomic E-state index is 6.25. The summed E-state index contributed by atoms with van der Waals surface area (Å²) in [5.74, 6) is 0.597. The van der Waals surface area contributed by atoms with Crippen molar-refractivity contribution in [1.82, 2.24) is 19.6 Å². The van der Waals surface area contributed by atoms with E-state index in [1.54, 1.807) is 9.36 Å². The van der Waals surface area contributed by atoms with E-state index in [0.29, 0.717) is 15.8 Å². The molecule has 0 aliphatic rings. The SMILES string of the molecule is Cc1nn(-c2nn(C)c(C)c2Cl)c(C)c1C(N)=S. The van der Waals surface area contributed by atoms with Crippen LogP contribution in [-0.2, 0) is 7.05 Å². The molecule has 2 aromatic heterocycles. The van der Waals surface area contributed by atoms with E-state index >= 15 is 0 Å². The molecule has 2 rings (SSSR count). The Morgan fingerprint density at radius 3 is 2.22 bits per heavy atom. The van der Waals surface area contributed by atoms with Gasteiger partial charge in [0.05, 0.1) is 22.6 Å². The van der Waals surface area contributed by atoms with E-state index in [-0.39, 0.29) is 0 Å². The highest BCUT2D eigenvalue weighted by Crippen LogP contribution is 2.25. The molecule has 0 atom stereocenters. The van der Waals surface area contributed by atoms with Crippen LogP contribution in [0.15, 0.2) is 0 Å². The Balaban J connectivity index is 2.69. The van der Waals surface area contributed by atoms with Crippen LogP contribution in [0, 0.1) is 20.8 Å². The third-order valence-corrected chi connectivity index (χ3v) is 3.63. The van der Waals surface area contributed by atoms with E-state index < -0.39 is 0 Å². The molecule has 5 nitrogen and oxygen atoms in total. The minimum absolute atomic E-state index is 0.333. The quantitative estimate of drug-likeness (QED) is 0.854. The lowest BCUT2D eigenvalue weighted by Crippen LogP contribution is -2.12. The van der Waals surface area contributed by atoms with E-state index in [2.05, 4.69) is 10.2 Å². The van der Waals surface area contributed by atoms with Crippen LogP contribution in [0.25, 0.3) is 5.82 Å². The summed E-state index contributed by atoms with van der Waals surface area (Å²) in [7, 11) is 1.84. The van der Waals surface area contributed by atoms with Gasteiger partial charge in [-0.2, -0.15) is 10.2 Å². The second-order valence-electron chi connectivity index (χ2n) is 4.17. The highest BCUT2D eigenvalue weighted by Gasteiger charge is 2.20. The number of halogens is 1. The van der Waals surface area contributed by atoms with Crippen LogP contribution in [0.2, 0.25) is 5.02 Å². The first kappa shape index (κ1) is 13.0. The summed E-state index contributed by atoms with van der Waals surface area (Å²) in [6, 6.07) is 0. The Morgan fingerprint density at radius 1 is 1.22 bits per heavy atom. The van der Waals surface area contributed by atoms with Crippen LogP contribution in [0.4, 0.5) is 0 Å². The van der Waals surface area contributed by atoms with Gasteiger partial charge in [-0.1, -0.05) is 23.8 Å². The molecule has 0 fully saturated rings. The lowest BCUT2D eigenvalue weighted by molar-refractivity contribution is 0.706. The van der Waals surface area contributed by atoms with Gasteiger partial charge in [0.2, 0.25) is 0 Å². The summed E-state index contributed by atoms with van der Waals surface area (Å²) in [4.78, 5) is 0.333. The maximum absolute atomic E-state index is 6.25. The number of aromatic nitrogens is 4. The number of nitrogens with two attached hydrogens (primary N) is 1. The topological polar surface area (TPSA) is 61.7 Å². The van der Waals surface area contributed by atoms with Gasteiger partial charge in [0.15, 0.2) is 5.82 Å². The molecule has 0 spiro atoms. The summed E-state index contributed by atoms with van der Waals surface area (Å²) in [5, 5.41) is 9.34. The van der Waals surface area contributed by atoms with Crippen molar-refractivity contribution in [1.29, 1.82) is 0 Å². The van der Waals surface area contributed by atoms with E-state index in [0.717, 1.165) is 22.6 Å². The molecule has 0 aliphatic carbocycles. The van der Waals surface area contributed by atoms with Crippen LogP contribution >= 0.6 is 23.8 Å². The smallest absolute Gasteiger partial charge is 0.194 e. The van der Waals surface area contributed by atoms with Gasteiger partial charge in [-0.15, -0.1) is 0 Å². The molecule has 2 N–H and O–H groups in total. The molecule has 0 bridgehead atoms. The molecule has 7 heteroatoms. The Bertz CT molecular complexity index is 640. The second kappa shape index (κ2) is 4.37. The minimum Gasteiger partial charge on any atom is -0.389 e. The molecule has 0 amide bonds. The normalized spacial score (nSPS) is 10.9. The van der Waals surface area contributed by atoms with E-state index in [1.165, 1.54) is 0 Å². The van der Waals surface area contributed by atoms with Crippen molar-refractivity contribution in [3.8, 4) is 5.82 Å². The standard InChI is InChI=1S/C11H14ClN5S/c1-5-8(10(13)18)6(2)17(14-5)11-9(12)7(3)16(4)15-11/h1-4H3,(H2,13,18). The number of nitrogens with zero attached hydrogens (tertiary/aromatic N) is 4. The number of aryl methyl sites for hydroxylation is 2. The van der Waals surface area contributed by atoms with Gasteiger partial charge >= 0.3 is 0 Å². The first-order valence-corrected chi connectivity index (χ1v) is 6.18. The highest BCUT2D eigenvalue weighted by molar-refractivity contribution is 7.80. The average molecular weight is 284 g/mol. The first-order chi connectivity index (χ1) is 8.34. The fourth-order valence-corrected chi connectivity index (χ4v) is 2.44. The maximum Gasteiger partial charge on any atom is 0.194 e. The molecular formula is C11H14ClN5S. The van der Waals surface area contributed by atoms with Crippen molar-refractivity contribution in [2.24, 2.45) is 12.8 Å². The van der Waals surface area contributed by atoms with Gasteiger partial charge in [-0.25, -0.2) is 4.68 Å². The summed E-state index contributed by atoms with van der Waals surface area (Å²) >= 11 is 11.3. The number of hydrogen-bond donors (Lipinski definition) is 1. The van der Waals surface area contributed by atoms with Crippen LogP contribution in [0.1, 0.15) is 22.6 Å². The largest absolute Gasteiger partial charge is 0.389 e. The lowest BCUT2D eigenvalue weighted by atomic mass is 10.2. The van der Waals surface area contributed by atoms with E-state index in [1.807, 2.05) is 27.8 Å². The van der Waals surface area contributed by atoms with E-state index in [9.17, 15) is 0 Å². The highest BCUT2D eigenvalue weighted by atomic mass is 35.5. The molecule has 2 heterocycles. The molecule has 18 heavy (non-hydrogen) atoms. The summed E-state index contributed by atoms with van der Waals surface area (Å²) < 4.78 is 3.40. The third kappa shape index (κ3) is 1.81. The van der Waals surface area contributed by atoms with Crippen LogP contribution in [-0.4, -0.2) is 24.5 Å². The zero-order chi connectivity index (χ0) is 13.6. The third-order valence-electron chi connectivity index (χ3n) is 2.98. The first-order valence-electron chi connectivity index (χ1n) is 5.40. The van der Waals surface area contributed by atoms with Gasteiger partial charge in [0.25, 0.3) is 0 Å². The molecule has 0 unspecified atom stereocenters. The van der Waals surface area contributed by atoms with Crippen molar-refractivity contribution in [3.63, 3.8) is 0 Å². The predicted octanol–water partition coefficient (Wildman–Crippen LogP) is 1.82. The van der Waals surface area contributed by atoms with Gasteiger partial charge in [0.1, 0.15) is 10.0 Å². The fraction of sp³-hybridized carbons (Fsp3) is 0.364. The molecule has 0 aliphatic heterocycles. The average Bonchev–Trinajstić information content (AvgIpc) is 2.70. The molecule has 2 aromatic rings.